The lowest BCUT2D eigenvalue weighted by Gasteiger charge is -2.41. The van der Waals surface area contributed by atoms with Crippen LogP contribution in [-0.2, 0) is 12.0 Å². The Balaban J connectivity index is 1.92. The van der Waals surface area contributed by atoms with E-state index in [1.165, 1.54) is 16.8 Å². The van der Waals surface area contributed by atoms with Crippen LogP contribution in [0.2, 0.25) is 0 Å². The lowest BCUT2D eigenvalue weighted by Crippen LogP contribution is -2.53. The van der Waals surface area contributed by atoms with E-state index >= 15 is 0 Å². The summed E-state index contributed by atoms with van der Waals surface area (Å²) < 4.78 is 1.10. The molecule has 0 aliphatic carbocycles. The summed E-state index contributed by atoms with van der Waals surface area (Å²) in [5.41, 5.74) is 10.0. The molecule has 22 heavy (non-hydrogen) atoms. The molecule has 0 spiro atoms. The summed E-state index contributed by atoms with van der Waals surface area (Å²) in [6, 6.07) is 17.0. The van der Waals surface area contributed by atoms with Crippen LogP contribution in [0.1, 0.15) is 17.5 Å². The van der Waals surface area contributed by atoms with Gasteiger partial charge in [-0.2, -0.15) is 0 Å². The van der Waals surface area contributed by atoms with Gasteiger partial charge in [-0.25, -0.2) is 0 Å². The van der Waals surface area contributed by atoms with Crippen molar-refractivity contribution in [3.8, 4) is 0 Å². The van der Waals surface area contributed by atoms with E-state index in [1.807, 2.05) is 6.07 Å². The lowest BCUT2D eigenvalue weighted by atomic mass is 9.85. The molecule has 2 aliphatic heterocycles. The smallest absolute Gasteiger partial charge is 0.125 e. The van der Waals surface area contributed by atoms with Crippen molar-refractivity contribution >= 4 is 27.5 Å². The van der Waals surface area contributed by atoms with E-state index in [2.05, 4.69) is 68.3 Å². The first-order valence-corrected chi connectivity index (χ1v) is 8.44. The monoisotopic (exact) mass is 355 g/mol. The van der Waals surface area contributed by atoms with Gasteiger partial charge in [0, 0.05) is 29.7 Å². The van der Waals surface area contributed by atoms with Crippen LogP contribution in [0.15, 0.2) is 58.0 Å². The molecule has 0 unspecified atom stereocenters. The van der Waals surface area contributed by atoms with Gasteiger partial charge in [-0.1, -0.05) is 52.3 Å². The van der Waals surface area contributed by atoms with E-state index < -0.39 is 0 Å². The number of amidine groups is 1. The highest BCUT2D eigenvalue weighted by Gasteiger charge is 2.47. The second kappa shape index (κ2) is 5.13. The first-order chi connectivity index (χ1) is 10.7. The molecule has 2 N–H and O–H groups in total. The van der Waals surface area contributed by atoms with Gasteiger partial charge >= 0.3 is 0 Å². The van der Waals surface area contributed by atoms with Gasteiger partial charge in [-0.05, 0) is 29.7 Å². The van der Waals surface area contributed by atoms with Crippen LogP contribution in [0.25, 0.3) is 0 Å². The molecule has 4 rings (SSSR count). The summed E-state index contributed by atoms with van der Waals surface area (Å²) in [5.74, 6) is 0.733. The summed E-state index contributed by atoms with van der Waals surface area (Å²) in [7, 11) is 0. The van der Waals surface area contributed by atoms with Gasteiger partial charge < -0.3 is 10.6 Å². The molecule has 1 atom stereocenters. The molecule has 4 heteroatoms. The Kier molecular flexibility index (Phi) is 3.22. The van der Waals surface area contributed by atoms with Gasteiger partial charge in [0.05, 0.1) is 0 Å². The molecule has 0 radical (unpaired) electrons. The van der Waals surface area contributed by atoms with Gasteiger partial charge in [0.25, 0.3) is 0 Å². The summed E-state index contributed by atoms with van der Waals surface area (Å²) in [4.78, 5) is 7.01. The molecule has 0 saturated carbocycles. The minimum absolute atomic E-state index is 0.327. The Morgan fingerprint density at radius 3 is 2.64 bits per heavy atom. The van der Waals surface area contributed by atoms with E-state index in [0.29, 0.717) is 0 Å². The number of halogens is 1. The Hall–Kier alpha value is -1.81. The first-order valence-electron chi connectivity index (χ1n) is 7.64. The SMILES string of the molecule is NC1=NCC[C@]1(c1ccccc1Br)N1CCc2ccccc21. The van der Waals surface area contributed by atoms with E-state index in [0.717, 1.165) is 36.2 Å². The summed E-state index contributed by atoms with van der Waals surface area (Å²) in [6.45, 7) is 1.77. The molecule has 0 saturated heterocycles. The zero-order valence-corrected chi connectivity index (χ0v) is 13.9. The number of rotatable bonds is 2. The minimum Gasteiger partial charge on any atom is -0.385 e. The average Bonchev–Trinajstić information content (AvgIpc) is 3.12. The predicted molar refractivity (Wildman–Crippen MR) is 94.4 cm³/mol. The van der Waals surface area contributed by atoms with Crippen molar-refractivity contribution in [2.24, 2.45) is 10.7 Å². The third-order valence-electron chi connectivity index (χ3n) is 4.85. The van der Waals surface area contributed by atoms with Crippen molar-refractivity contribution in [1.82, 2.24) is 0 Å². The van der Waals surface area contributed by atoms with Crippen molar-refractivity contribution < 1.29 is 0 Å². The molecule has 112 valence electrons. The number of nitrogens with two attached hydrogens (primary N) is 1. The Bertz CT molecular complexity index is 756. The third kappa shape index (κ3) is 1.83. The Morgan fingerprint density at radius 1 is 1.09 bits per heavy atom. The molecule has 2 aromatic carbocycles. The number of aliphatic imine (C=N–C) groups is 1. The third-order valence-corrected chi connectivity index (χ3v) is 5.54. The number of nitrogens with zero attached hydrogens (tertiary/aromatic N) is 2. The fourth-order valence-electron chi connectivity index (χ4n) is 3.82. The maximum atomic E-state index is 6.44. The van der Waals surface area contributed by atoms with Crippen LogP contribution in [0.5, 0.6) is 0 Å². The number of anilines is 1. The van der Waals surface area contributed by atoms with E-state index in [-0.39, 0.29) is 5.54 Å². The highest BCUT2D eigenvalue weighted by Crippen LogP contribution is 2.45. The van der Waals surface area contributed by atoms with Crippen molar-refractivity contribution in [2.75, 3.05) is 18.0 Å². The molecule has 2 aromatic rings. The maximum Gasteiger partial charge on any atom is 0.125 e. The van der Waals surface area contributed by atoms with Crippen molar-refractivity contribution in [3.63, 3.8) is 0 Å². The van der Waals surface area contributed by atoms with Gasteiger partial charge in [-0.15, -0.1) is 0 Å². The Morgan fingerprint density at radius 2 is 1.86 bits per heavy atom. The largest absolute Gasteiger partial charge is 0.385 e. The molecule has 0 fully saturated rings. The zero-order chi connectivity index (χ0) is 15.2. The quantitative estimate of drug-likeness (QED) is 0.895. The van der Waals surface area contributed by atoms with Crippen LogP contribution in [0.3, 0.4) is 0 Å². The number of fused-ring (bicyclic) bond motifs is 1. The van der Waals surface area contributed by atoms with Crippen LogP contribution >= 0.6 is 15.9 Å². The predicted octanol–water partition coefficient (Wildman–Crippen LogP) is 3.47. The van der Waals surface area contributed by atoms with Gasteiger partial charge in [0.1, 0.15) is 11.4 Å². The van der Waals surface area contributed by atoms with Crippen molar-refractivity contribution in [3.05, 3.63) is 64.1 Å². The molecule has 3 nitrogen and oxygen atoms in total. The van der Waals surface area contributed by atoms with Crippen LogP contribution < -0.4 is 10.6 Å². The number of hydrogen-bond acceptors (Lipinski definition) is 3. The van der Waals surface area contributed by atoms with Gasteiger partial charge in [-0.3, -0.25) is 4.99 Å². The molecule has 0 bridgehead atoms. The van der Waals surface area contributed by atoms with Crippen LogP contribution in [-0.4, -0.2) is 18.9 Å². The highest BCUT2D eigenvalue weighted by atomic mass is 79.9. The fourth-order valence-corrected chi connectivity index (χ4v) is 4.43. The standard InChI is InChI=1S/C18H18BrN3/c19-15-7-3-2-6-14(15)18(10-11-21-17(18)20)22-12-9-13-5-1-4-8-16(13)22/h1-8H,9-12H2,(H2,20,21)/t18-/m1/s1. The second-order valence-electron chi connectivity index (χ2n) is 5.89. The zero-order valence-electron chi connectivity index (χ0n) is 12.3. The van der Waals surface area contributed by atoms with Gasteiger partial charge in [0.15, 0.2) is 0 Å². The maximum absolute atomic E-state index is 6.44. The molecule has 0 amide bonds. The van der Waals surface area contributed by atoms with Crippen LogP contribution in [0, 0.1) is 0 Å². The number of hydrogen-bond donors (Lipinski definition) is 1. The minimum atomic E-state index is -0.327. The molecular formula is C18H18BrN3. The highest BCUT2D eigenvalue weighted by molar-refractivity contribution is 9.10. The molecule has 0 aromatic heterocycles. The van der Waals surface area contributed by atoms with E-state index in [1.54, 1.807) is 0 Å². The molecule has 2 heterocycles. The molecular weight excluding hydrogens is 338 g/mol. The summed E-state index contributed by atoms with van der Waals surface area (Å²) >= 11 is 3.72. The topological polar surface area (TPSA) is 41.6 Å². The Labute approximate surface area is 139 Å². The lowest BCUT2D eigenvalue weighted by molar-refractivity contribution is 0.529. The van der Waals surface area contributed by atoms with Crippen molar-refractivity contribution in [1.29, 1.82) is 0 Å². The van der Waals surface area contributed by atoms with E-state index in [4.69, 9.17) is 5.73 Å². The normalized spacial score (nSPS) is 23.5. The van der Waals surface area contributed by atoms with E-state index in [9.17, 15) is 0 Å². The average molecular weight is 356 g/mol. The molecule has 2 aliphatic rings. The summed E-state index contributed by atoms with van der Waals surface area (Å²) in [5, 5.41) is 0. The number of para-hydroxylation sites is 1. The summed E-state index contributed by atoms with van der Waals surface area (Å²) in [6.07, 6.45) is 1.99. The van der Waals surface area contributed by atoms with Crippen molar-refractivity contribution in [2.45, 2.75) is 18.4 Å². The van der Waals surface area contributed by atoms with Gasteiger partial charge in [0.2, 0.25) is 0 Å². The first kappa shape index (κ1) is 13.8. The fraction of sp³-hybridized carbons (Fsp3) is 0.278. The number of benzene rings is 2. The van der Waals surface area contributed by atoms with Crippen LogP contribution in [0.4, 0.5) is 5.69 Å². The second-order valence-corrected chi connectivity index (χ2v) is 6.74.